The first-order valence-electron chi connectivity index (χ1n) is 3.93. The van der Waals surface area contributed by atoms with Crippen molar-refractivity contribution in [3.63, 3.8) is 0 Å². The number of ether oxygens (including phenoxy) is 1. The van der Waals surface area contributed by atoms with Crippen molar-refractivity contribution in [3.05, 3.63) is 29.6 Å². The maximum atomic E-state index is 13.0. The summed E-state index contributed by atoms with van der Waals surface area (Å²) in [7, 11) is 0. The number of nitrogens with two attached hydrogens (primary N) is 1. The van der Waals surface area contributed by atoms with E-state index in [1.54, 1.807) is 0 Å². The Morgan fingerprint density at radius 3 is 2.67 bits per heavy atom. The van der Waals surface area contributed by atoms with Crippen LogP contribution in [0.1, 0.15) is 5.56 Å². The van der Waals surface area contributed by atoms with Gasteiger partial charge in [-0.3, -0.25) is 0 Å². The zero-order valence-corrected chi connectivity index (χ0v) is 9.80. The van der Waals surface area contributed by atoms with Gasteiger partial charge in [0.2, 0.25) is 0 Å². The number of halogens is 4. The molecule has 0 amide bonds. The van der Waals surface area contributed by atoms with Crippen molar-refractivity contribution in [2.24, 2.45) is 5.73 Å². The molecule has 0 fully saturated rings. The Kier molecular flexibility index (Phi) is 4.09. The Balaban J connectivity index is 2.92. The van der Waals surface area contributed by atoms with Crippen molar-refractivity contribution in [1.82, 2.24) is 0 Å². The van der Waals surface area contributed by atoms with E-state index in [1.165, 1.54) is 6.07 Å². The first-order chi connectivity index (χ1) is 6.98. The SMILES string of the molecule is C=IC(F)(F)Oc1ccc(F)c(CN)c1. The molecule has 2 N–H and O–H groups in total. The molecule has 0 unspecified atom stereocenters. The van der Waals surface area contributed by atoms with Crippen LogP contribution in [0.2, 0.25) is 0 Å². The van der Waals surface area contributed by atoms with E-state index < -0.39 is 30.7 Å². The van der Waals surface area contributed by atoms with Crippen LogP contribution in [0.4, 0.5) is 13.2 Å². The number of rotatable bonds is 4. The van der Waals surface area contributed by atoms with E-state index in [2.05, 4.69) is 9.25 Å². The third-order valence-corrected chi connectivity index (χ3v) is 2.73. The van der Waals surface area contributed by atoms with Crippen LogP contribution in [0.25, 0.3) is 0 Å². The third kappa shape index (κ3) is 3.45. The first kappa shape index (κ1) is 12.4. The number of alkyl halides is 3. The van der Waals surface area contributed by atoms with Crippen LogP contribution in [0.15, 0.2) is 18.2 Å². The average molecular weight is 331 g/mol. The average Bonchev–Trinajstić information content (AvgIpc) is 2.20. The summed E-state index contributed by atoms with van der Waals surface area (Å²) >= 11 is -1.62. The van der Waals surface area contributed by atoms with Gasteiger partial charge in [0.1, 0.15) is 11.6 Å². The molecular formula is C9H9F3INO. The summed E-state index contributed by atoms with van der Waals surface area (Å²) in [5, 5.41) is 0. The van der Waals surface area contributed by atoms with Crippen molar-refractivity contribution in [3.8, 4) is 5.75 Å². The minimum atomic E-state index is -3.23. The van der Waals surface area contributed by atoms with Crippen LogP contribution in [0, 0.1) is 5.82 Å². The maximum Gasteiger partial charge on any atom is 0.445 e. The molecular weight excluding hydrogens is 322 g/mol. The van der Waals surface area contributed by atoms with E-state index in [0.717, 1.165) is 12.1 Å². The second-order valence-electron chi connectivity index (χ2n) is 2.64. The van der Waals surface area contributed by atoms with Gasteiger partial charge in [-0.25, -0.2) is 4.39 Å². The molecule has 0 aliphatic rings. The van der Waals surface area contributed by atoms with E-state index in [0.29, 0.717) is 0 Å². The summed E-state index contributed by atoms with van der Waals surface area (Å²) in [6.45, 7) is -0.0615. The van der Waals surface area contributed by atoms with Crippen molar-refractivity contribution in [1.29, 1.82) is 0 Å². The van der Waals surface area contributed by atoms with Gasteiger partial charge in [-0.05, 0) is 18.2 Å². The molecule has 84 valence electrons. The van der Waals surface area contributed by atoms with Crippen LogP contribution < -0.4 is 10.5 Å². The van der Waals surface area contributed by atoms with Gasteiger partial charge >= 0.3 is 4.12 Å². The number of hydrogen-bond donors (Lipinski definition) is 1. The first-order valence-corrected chi connectivity index (χ1v) is 6.54. The van der Waals surface area contributed by atoms with Gasteiger partial charge in [0.15, 0.2) is 0 Å². The van der Waals surface area contributed by atoms with E-state index >= 15 is 0 Å². The minimum absolute atomic E-state index is 0.0615. The zero-order chi connectivity index (χ0) is 11.5. The van der Waals surface area contributed by atoms with E-state index in [-0.39, 0.29) is 17.9 Å². The second-order valence-corrected chi connectivity index (χ2v) is 4.66. The number of hydrogen-bond acceptors (Lipinski definition) is 2. The fourth-order valence-corrected chi connectivity index (χ4v) is 1.34. The maximum absolute atomic E-state index is 13.0. The predicted octanol–water partition coefficient (Wildman–Crippen LogP) is 2.62. The standard InChI is InChI=1S/C9H9F3INO/c1-13-9(11,12)15-7-2-3-8(10)6(4-7)5-14/h2-4H,1,5,14H2. The van der Waals surface area contributed by atoms with Crippen molar-refractivity contribution < 1.29 is 17.9 Å². The summed E-state index contributed by atoms with van der Waals surface area (Å²) in [6, 6.07) is 3.36. The quantitative estimate of drug-likeness (QED) is 0.680. The van der Waals surface area contributed by atoms with Gasteiger partial charge in [-0.15, -0.1) is 0 Å². The molecule has 15 heavy (non-hydrogen) atoms. The van der Waals surface area contributed by atoms with Crippen LogP contribution in [0.5, 0.6) is 5.75 Å². The van der Waals surface area contributed by atoms with Gasteiger partial charge in [-0.2, -0.15) is 8.78 Å². The molecule has 0 spiro atoms. The lowest BCUT2D eigenvalue weighted by Gasteiger charge is -2.13. The monoisotopic (exact) mass is 331 g/mol. The Hall–Kier alpha value is -0.630. The normalized spacial score (nSPS) is 11.5. The molecule has 0 radical (unpaired) electrons. The third-order valence-electron chi connectivity index (χ3n) is 1.63. The van der Waals surface area contributed by atoms with Crippen LogP contribution in [-0.2, 0) is 6.54 Å². The highest BCUT2D eigenvalue weighted by Gasteiger charge is 2.27. The lowest BCUT2D eigenvalue weighted by Crippen LogP contribution is -2.16. The number of benzene rings is 1. The van der Waals surface area contributed by atoms with Crippen LogP contribution in [-0.4, -0.2) is 8.63 Å². The summed E-state index contributed by atoms with van der Waals surface area (Å²) < 4.78 is 42.9. The highest BCUT2D eigenvalue weighted by molar-refractivity contribution is 14.2. The van der Waals surface area contributed by atoms with E-state index in [4.69, 9.17) is 5.73 Å². The lowest BCUT2D eigenvalue weighted by atomic mass is 10.2. The molecule has 1 aromatic rings. The molecule has 0 heterocycles. The van der Waals surface area contributed by atoms with Crippen molar-refractivity contribution in [2.75, 3.05) is 0 Å². The highest BCUT2D eigenvalue weighted by atomic mass is 127. The van der Waals surface area contributed by atoms with Crippen LogP contribution >= 0.6 is 20.7 Å². The molecule has 0 atom stereocenters. The molecule has 0 aliphatic carbocycles. The molecule has 0 aromatic heterocycles. The minimum Gasteiger partial charge on any atom is -0.425 e. The Morgan fingerprint density at radius 2 is 2.13 bits per heavy atom. The van der Waals surface area contributed by atoms with Gasteiger partial charge in [-0.1, -0.05) is 4.51 Å². The second kappa shape index (κ2) is 4.93. The fraction of sp³-hybridized carbons (Fsp3) is 0.222. The summed E-state index contributed by atoms with van der Waals surface area (Å²) in [5.41, 5.74) is 5.37. The van der Waals surface area contributed by atoms with E-state index in [9.17, 15) is 13.2 Å². The van der Waals surface area contributed by atoms with Gasteiger partial charge in [0.25, 0.3) is 0 Å². The molecule has 1 aromatic carbocycles. The summed E-state index contributed by atoms with van der Waals surface area (Å²) in [5.74, 6) is -0.623. The van der Waals surface area contributed by atoms with Crippen LogP contribution in [0.3, 0.4) is 0 Å². The van der Waals surface area contributed by atoms with Gasteiger partial charge in [0.05, 0.1) is 0 Å². The lowest BCUT2D eigenvalue weighted by molar-refractivity contribution is -0.0693. The van der Waals surface area contributed by atoms with Crippen molar-refractivity contribution in [2.45, 2.75) is 10.7 Å². The van der Waals surface area contributed by atoms with Gasteiger partial charge in [0, 0.05) is 32.8 Å². The smallest absolute Gasteiger partial charge is 0.425 e. The fourth-order valence-electron chi connectivity index (χ4n) is 0.932. The zero-order valence-electron chi connectivity index (χ0n) is 7.64. The highest BCUT2D eigenvalue weighted by Crippen LogP contribution is 2.31. The van der Waals surface area contributed by atoms with Gasteiger partial charge < -0.3 is 10.5 Å². The molecule has 0 saturated carbocycles. The molecule has 0 aliphatic heterocycles. The molecule has 1 rings (SSSR count). The molecule has 6 heteroatoms. The predicted molar refractivity (Wildman–Crippen MR) is 61.0 cm³/mol. The largest absolute Gasteiger partial charge is 0.445 e. The Bertz CT molecular complexity index is 370. The molecule has 0 saturated heterocycles. The topological polar surface area (TPSA) is 35.2 Å². The Labute approximate surface area is 95.0 Å². The molecule has 0 bridgehead atoms. The van der Waals surface area contributed by atoms with Crippen molar-refractivity contribution >= 4 is 25.2 Å². The summed E-state index contributed by atoms with van der Waals surface area (Å²) in [6.07, 6.45) is 0. The molecule has 2 nitrogen and oxygen atoms in total. The Morgan fingerprint density at radius 1 is 1.47 bits per heavy atom. The summed E-state index contributed by atoms with van der Waals surface area (Å²) in [4.78, 5) is 0. The van der Waals surface area contributed by atoms with E-state index in [1.807, 2.05) is 0 Å².